The van der Waals surface area contributed by atoms with Gasteiger partial charge in [0.25, 0.3) is 0 Å². The van der Waals surface area contributed by atoms with Gasteiger partial charge in [-0.1, -0.05) is 45.4 Å². The minimum atomic E-state index is -0.994. The number of nitrogens with zero attached hydrogens (tertiary/aromatic N) is 4. The quantitative estimate of drug-likeness (QED) is 0.190. The van der Waals surface area contributed by atoms with Crippen LogP contribution in [0.5, 0.6) is 11.5 Å². The van der Waals surface area contributed by atoms with Crippen LogP contribution in [0.4, 0.5) is 0 Å². The second-order valence-electron chi connectivity index (χ2n) is 21.9. The Kier molecular flexibility index (Phi) is 13.3. The first-order chi connectivity index (χ1) is 31.4. The molecule has 5 aliphatic heterocycles. The molecule has 2 aromatic rings. The van der Waals surface area contributed by atoms with Crippen molar-refractivity contribution in [2.45, 2.75) is 141 Å². The molecule has 2 atom stereocenters. The van der Waals surface area contributed by atoms with Gasteiger partial charge in [-0.2, -0.15) is 5.26 Å². The molecule has 4 saturated heterocycles. The molecule has 0 bridgehead atoms. The number of likely N-dealkylation sites (N-methyl/N-ethyl adjacent to an activating group) is 1. The van der Waals surface area contributed by atoms with Gasteiger partial charge in [0.2, 0.25) is 11.8 Å². The molecule has 2 aliphatic carbocycles. The Morgan fingerprint density at radius 2 is 1.59 bits per heavy atom. The van der Waals surface area contributed by atoms with Crippen molar-refractivity contribution >= 4 is 29.0 Å². The average Bonchev–Trinajstić information content (AvgIpc) is 3.78. The van der Waals surface area contributed by atoms with Crippen LogP contribution in [0.2, 0.25) is 5.02 Å². The average molecular weight is 928 g/mol. The molecule has 9 rings (SSSR count). The van der Waals surface area contributed by atoms with E-state index in [1.54, 1.807) is 23.1 Å². The smallest absolute Gasteiger partial charge is 0.244 e. The number of likely N-dealkylation sites (tertiary alicyclic amines) is 2. The van der Waals surface area contributed by atoms with Crippen molar-refractivity contribution in [2.24, 2.45) is 22.7 Å². The highest BCUT2D eigenvalue weighted by Gasteiger charge is 2.64. The number of benzene rings is 2. The van der Waals surface area contributed by atoms with Crippen LogP contribution in [0.15, 0.2) is 42.6 Å². The Labute approximate surface area is 396 Å². The maximum atomic E-state index is 13.6. The predicted octanol–water partition coefficient (Wildman–Crippen LogP) is 5.18. The molecular weight excluding hydrogens is 856 g/mol. The summed E-state index contributed by atoms with van der Waals surface area (Å²) in [5, 5.41) is 34.5. The third-order valence-corrected chi connectivity index (χ3v) is 16.4. The zero-order chi connectivity index (χ0) is 46.7. The molecule has 2 unspecified atom stereocenters. The van der Waals surface area contributed by atoms with E-state index in [4.69, 9.17) is 25.8 Å². The number of carbonyl (C=O) groups is 2. The summed E-state index contributed by atoms with van der Waals surface area (Å²) in [5.41, 5.74) is 1.71. The summed E-state index contributed by atoms with van der Waals surface area (Å²) in [5.74, 6) is 1.51. The number of amides is 2. The van der Waals surface area contributed by atoms with Crippen molar-refractivity contribution in [3.63, 3.8) is 0 Å². The van der Waals surface area contributed by atoms with Crippen LogP contribution in [0.3, 0.4) is 0 Å². The molecule has 5 heterocycles. The highest BCUT2D eigenvalue weighted by molar-refractivity contribution is 6.31. The number of rotatable bonds is 12. The fourth-order valence-corrected chi connectivity index (χ4v) is 12.7. The molecule has 14 nitrogen and oxygen atoms in total. The van der Waals surface area contributed by atoms with E-state index in [2.05, 4.69) is 70.9 Å². The summed E-state index contributed by atoms with van der Waals surface area (Å²) in [6.45, 7) is 18.0. The van der Waals surface area contributed by atoms with Crippen molar-refractivity contribution in [1.82, 2.24) is 36.0 Å². The Bertz CT molecular complexity index is 2180. The molecule has 2 aromatic carbocycles. The first-order valence-electron chi connectivity index (χ1n) is 24.4. The van der Waals surface area contributed by atoms with Gasteiger partial charge in [-0.15, -0.1) is 0 Å². The molecule has 2 saturated carbocycles. The van der Waals surface area contributed by atoms with Crippen LogP contribution in [0.1, 0.15) is 103 Å². The van der Waals surface area contributed by atoms with E-state index < -0.39 is 5.60 Å². The molecular formula is C51H71ClN8O6. The fourth-order valence-electron chi connectivity index (χ4n) is 12.4. The molecule has 6 fully saturated rings. The highest BCUT2D eigenvalue weighted by atomic mass is 35.5. The summed E-state index contributed by atoms with van der Waals surface area (Å²) in [4.78, 5) is 33.3. The van der Waals surface area contributed by atoms with Gasteiger partial charge in [0.1, 0.15) is 30.0 Å². The molecule has 358 valence electrons. The molecule has 0 radical (unpaired) electrons. The number of nitriles is 1. The minimum Gasteiger partial charge on any atom is -0.490 e. The topological polar surface area (TPSA) is 164 Å². The normalized spacial score (nSPS) is 31.8. The van der Waals surface area contributed by atoms with E-state index in [-0.39, 0.29) is 77.3 Å². The largest absolute Gasteiger partial charge is 0.490 e. The molecule has 0 aromatic heterocycles. The zero-order valence-corrected chi connectivity index (χ0v) is 40.6. The molecule has 0 spiro atoms. The van der Waals surface area contributed by atoms with Crippen molar-refractivity contribution in [3.05, 3.63) is 64.3 Å². The summed E-state index contributed by atoms with van der Waals surface area (Å²) in [7, 11) is 1.82. The first-order valence-corrected chi connectivity index (χ1v) is 24.8. The number of hydrogen-bond donors (Lipinski definition) is 5. The second-order valence-corrected chi connectivity index (χ2v) is 22.3. The number of carbonyl (C=O) groups excluding carboxylic acids is 2. The van der Waals surface area contributed by atoms with E-state index in [1.165, 1.54) is 0 Å². The maximum Gasteiger partial charge on any atom is 0.244 e. The Balaban J connectivity index is 0.684. The van der Waals surface area contributed by atoms with Crippen LogP contribution in [0, 0.1) is 34.0 Å². The zero-order valence-electron chi connectivity index (χ0n) is 39.9. The molecule has 15 heteroatoms. The number of nitrogens with one attached hydrogen (secondary N) is 4. The monoisotopic (exact) mass is 927 g/mol. The lowest BCUT2D eigenvalue weighted by molar-refractivity contribution is -0.174. The fraction of sp³-hybridized carbons (Fsp3) is 0.667. The Hall–Kier alpha value is -3.78. The van der Waals surface area contributed by atoms with Gasteiger partial charge in [-0.05, 0) is 101 Å². The second kappa shape index (κ2) is 18.6. The van der Waals surface area contributed by atoms with Gasteiger partial charge >= 0.3 is 0 Å². The van der Waals surface area contributed by atoms with Crippen LogP contribution in [-0.4, -0.2) is 133 Å². The van der Waals surface area contributed by atoms with Crippen LogP contribution >= 0.6 is 11.6 Å². The van der Waals surface area contributed by atoms with Crippen molar-refractivity contribution in [1.29, 1.82) is 5.26 Å². The number of fused-ring (bicyclic) bond motifs is 1. The summed E-state index contributed by atoms with van der Waals surface area (Å²) in [6, 6.07) is 13.5. The molecule has 7 aliphatic rings. The van der Waals surface area contributed by atoms with Crippen molar-refractivity contribution in [3.8, 4) is 17.6 Å². The SMILES string of the molecule is CN1C=C(c2cc(C(C)(C)O)ccc2OC2CCC(N3CC(OC4CCN(C5NCC(C(=O)NC6C(C)(C)C(Oc7ccc(C#N)c(Cl)c7)C6(C)C)CN5)CC4)C3)CC2)C2CCNC2C1=O. The predicted molar refractivity (Wildman–Crippen MR) is 253 cm³/mol. The van der Waals surface area contributed by atoms with E-state index in [0.717, 1.165) is 100 Å². The first kappa shape index (κ1) is 47.3. The Morgan fingerprint density at radius 1 is 0.894 bits per heavy atom. The number of ether oxygens (including phenoxy) is 3. The third kappa shape index (κ3) is 9.36. The van der Waals surface area contributed by atoms with Crippen molar-refractivity contribution in [2.75, 3.05) is 52.9 Å². The van der Waals surface area contributed by atoms with Crippen LogP contribution in [0.25, 0.3) is 5.57 Å². The van der Waals surface area contributed by atoms with Gasteiger partial charge in [0.15, 0.2) is 0 Å². The van der Waals surface area contributed by atoms with Gasteiger partial charge < -0.3 is 34.9 Å². The molecule has 2 amide bonds. The van der Waals surface area contributed by atoms with Gasteiger partial charge in [0, 0.05) is 93.0 Å². The summed E-state index contributed by atoms with van der Waals surface area (Å²) in [6.07, 6.45) is 9.56. The van der Waals surface area contributed by atoms with Gasteiger partial charge in [-0.3, -0.25) is 30.0 Å². The summed E-state index contributed by atoms with van der Waals surface area (Å²) >= 11 is 6.28. The lowest BCUT2D eigenvalue weighted by Gasteiger charge is -2.63. The highest BCUT2D eigenvalue weighted by Crippen LogP contribution is 2.56. The minimum absolute atomic E-state index is 0.0363. The number of aliphatic hydroxyl groups is 1. The van der Waals surface area contributed by atoms with Crippen molar-refractivity contribution < 1.29 is 28.9 Å². The van der Waals surface area contributed by atoms with Crippen LogP contribution in [-0.2, 0) is 19.9 Å². The maximum absolute atomic E-state index is 13.6. The Morgan fingerprint density at radius 3 is 2.24 bits per heavy atom. The van der Waals surface area contributed by atoms with Gasteiger partial charge in [0.05, 0.1) is 46.5 Å². The van der Waals surface area contributed by atoms with E-state index >= 15 is 0 Å². The number of piperidine rings is 1. The van der Waals surface area contributed by atoms with E-state index in [1.807, 2.05) is 39.2 Å². The van der Waals surface area contributed by atoms with E-state index in [9.17, 15) is 20.0 Å². The molecule has 66 heavy (non-hydrogen) atoms. The third-order valence-electron chi connectivity index (χ3n) is 16.0. The van der Waals surface area contributed by atoms with Gasteiger partial charge in [-0.25, -0.2) is 0 Å². The lowest BCUT2D eigenvalue weighted by atomic mass is 9.49. The summed E-state index contributed by atoms with van der Waals surface area (Å²) < 4.78 is 19.9. The van der Waals surface area contributed by atoms with E-state index in [0.29, 0.717) is 35.5 Å². The van der Waals surface area contributed by atoms with Crippen LogP contribution < -0.4 is 30.7 Å². The number of hydrogen-bond acceptors (Lipinski definition) is 12. The lowest BCUT2D eigenvalue weighted by Crippen LogP contribution is -2.75. The standard InChI is InChI=1S/C51H71ClN8O6/c1-49(2)46(50(3,4)47(49)66-36-12-8-30(24-53)41(52)23-36)57-44(61)31-25-55-48(56-26-31)59-20-17-35(18-21-59)64-37-27-60(28-37)33-10-13-34(14-11-33)65-42-15-9-32(51(5,6)63)22-39(42)40-29-58(7)45(62)43-38(40)16-19-54-43/h8-9,12,15,22-23,29,31,33-35,37-38,43,46-48,54-56,63H,10-11,13-14,16-21,25-28H2,1-7H3,(H,57,61). The molecule has 5 N–H and O–H groups in total. The number of halogens is 1.